The summed E-state index contributed by atoms with van der Waals surface area (Å²) in [5, 5.41) is 1.40. The maximum Gasteiger partial charge on any atom is 0.261 e. The fraction of sp³-hybridized carbons (Fsp3) is 0.375. The van der Waals surface area contributed by atoms with Gasteiger partial charge in [0.2, 0.25) is 0 Å². The predicted molar refractivity (Wildman–Crippen MR) is 84.4 cm³/mol. The Bertz CT molecular complexity index is 749. The summed E-state index contributed by atoms with van der Waals surface area (Å²) in [5.74, 6) is 1.33. The van der Waals surface area contributed by atoms with Crippen LogP contribution in [-0.4, -0.2) is 15.0 Å². The minimum Gasteiger partial charge on any atom is -0.493 e. The van der Waals surface area contributed by atoms with Crippen molar-refractivity contribution in [2.24, 2.45) is 5.92 Å². The molecule has 3 nitrogen and oxygen atoms in total. The van der Waals surface area contributed by atoms with E-state index in [0.29, 0.717) is 17.9 Å². The van der Waals surface area contributed by atoms with E-state index in [0.717, 1.165) is 11.1 Å². The zero-order valence-corrected chi connectivity index (χ0v) is 13.2. The molecule has 3 rings (SSSR count). The van der Waals surface area contributed by atoms with E-state index in [9.17, 15) is 8.42 Å². The van der Waals surface area contributed by atoms with Gasteiger partial charge in [0.25, 0.3) is 9.05 Å². The van der Waals surface area contributed by atoms with Gasteiger partial charge in [-0.15, -0.1) is 0 Å². The van der Waals surface area contributed by atoms with Crippen molar-refractivity contribution in [3.05, 3.63) is 36.4 Å². The van der Waals surface area contributed by atoms with Crippen LogP contribution in [-0.2, 0) is 9.05 Å². The van der Waals surface area contributed by atoms with Crippen LogP contribution in [0.2, 0.25) is 0 Å². The van der Waals surface area contributed by atoms with Gasteiger partial charge in [0.05, 0.1) is 11.5 Å². The van der Waals surface area contributed by atoms with Gasteiger partial charge in [-0.3, -0.25) is 0 Å². The summed E-state index contributed by atoms with van der Waals surface area (Å²) >= 11 is 0. The molecule has 0 amide bonds. The van der Waals surface area contributed by atoms with Crippen molar-refractivity contribution >= 4 is 30.5 Å². The normalized spacial score (nSPS) is 16.4. The second-order valence-electron chi connectivity index (χ2n) is 5.51. The van der Waals surface area contributed by atoms with E-state index in [-0.39, 0.29) is 4.90 Å². The Morgan fingerprint density at radius 1 is 1.05 bits per heavy atom. The third kappa shape index (κ3) is 3.16. The highest BCUT2D eigenvalue weighted by molar-refractivity contribution is 8.14. The average molecular weight is 325 g/mol. The first-order valence-electron chi connectivity index (χ1n) is 7.15. The second kappa shape index (κ2) is 5.85. The van der Waals surface area contributed by atoms with Crippen molar-refractivity contribution in [1.82, 2.24) is 0 Å². The number of rotatable bonds is 4. The van der Waals surface area contributed by atoms with E-state index in [1.54, 1.807) is 18.2 Å². The molecule has 5 heteroatoms. The summed E-state index contributed by atoms with van der Waals surface area (Å²) in [7, 11) is 1.74. The van der Waals surface area contributed by atoms with Gasteiger partial charge >= 0.3 is 0 Å². The first-order valence-corrected chi connectivity index (χ1v) is 9.46. The third-order valence-corrected chi connectivity index (χ3v) is 5.44. The summed E-state index contributed by atoms with van der Waals surface area (Å²) in [6, 6.07) is 10.5. The first-order chi connectivity index (χ1) is 10.1. The largest absolute Gasteiger partial charge is 0.493 e. The lowest BCUT2D eigenvalue weighted by Crippen LogP contribution is -2.08. The Morgan fingerprint density at radius 3 is 2.38 bits per heavy atom. The van der Waals surface area contributed by atoms with Gasteiger partial charge in [0.1, 0.15) is 5.75 Å². The van der Waals surface area contributed by atoms with Crippen molar-refractivity contribution in [2.75, 3.05) is 6.61 Å². The standard InChI is InChI=1S/C16H17ClO3S/c17-21(18,19)16-10-9-15(13-7-3-4-8-14(13)16)20-11-12-5-1-2-6-12/h3-4,7-10,12H,1-2,5-6,11H2. The molecule has 0 saturated heterocycles. The third-order valence-electron chi connectivity index (χ3n) is 4.06. The zero-order valence-electron chi connectivity index (χ0n) is 11.6. The molecule has 2 aromatic rings. The predicted octanol–water partition coefficient (Wildman–Crippen LogP) is 4.34. The van der Waals surface area contributed by atoms with E-state index in [1.807, 2.05) is 12.1 Å². The highest BCUT2D eigenvalue weighted by atomic mass is 35.7. The molecule has 0 atom stereocenters. The molecule has 1 aliphatic rings. The van der Waals surface area contributed by atoms with Gasteiger partial charge in [-0.2, -0.15) is 0 Å². The van der Waals surface area contributed by atoms with Gasteiger partial charge in [0.15, 0.2) is 0 Å². The number of halogens is 1. The molecule has 112 valence electrons. The minimum atomic E-state index is -3.76. The summed E-state index contributed by atoms with van der Waals surface area (Å²) in [6.07, 6.45) is 4.98. The maximum absolute atomic E-state index is 11.6. The molecule has 0 unspecified atom stereocenters. The van der Waals surface area contributed by atoms with Gasteiger partial charge in [0, 0.05) is 21.5 Å². The second-order valence-corrected chi connectivity index (χ2v) is 8.04. The van der Waals surface area contributed by atoms with Gasteiger partial charge in [-0.05, 0) is 30.9 Å². The van der Waals surface area contributed by atoms with E-state index < -0.39 is 9.05 Å². The van der Waals surface area contributed by atoms with Gasteiger partial charge in [-0.1, -0.05) is 37.1 Å². The van der Waals surface area contributed by atoms with Crippen LogP contribution in [0.3, 0.4) is 0 Å². The molecule has 1 fully saturated rings. The Balaban J connectivity index is 1.96. The highest BCUT2D eigenvalue weighted by Crippen LogP contribution is 2.33. The quantitative estimate of drug-likeness (QED) is 0.786. The molecular formula is C16H17ClO3S. The molecule has 21 heavy (non-hydrogen) atoms. The van der Waals surface area contributed by atoms with Gasteiger partial charge < -0.3 is 4.74 Å². The molecular weight excluding hydrogens is 308 g/mol. The molecule has 0 N–H and O–H groups in total. The molecule has 0 aliphatic heterocycles. The van der Waals surface area contributed by atoms with Crippen LogP contribution in [0.15, 0.2) is 41.3 Å². The van der Waals surface area contributed by atoms with Gasteiger partial charge in [-0.25, -0.2) is 8.42 Å². The van der Waals surface area contributed by atoms with Crippen LogP contribution in [0, 0.1) is 5.92 Å². The molecule has 0 heterocycles. The summed E-state index contributed by atoms with van der Waals surface area (Å²) in [4.78, 5) is 0.132. The average Bonchev–Trinajstić information content (AvgIpc) is 2.96. The highest BCUT2D eigenvalue weighted by Gasteiger charge is 2.18. The van der Waals surface area contributed by atoms with E-state index in [4.69, 9.17) is 15.4 Å². The summed E-state index contributed by atoms with van der Waals surface area (Å²) in [6.45, 7) is 0.691. The molecule has 0 radical (unpaired) electrons. The monoisotopic (exact) mass is 324 g/mol. The topological polar surface area (TPSA) is 43.4 Å². The first kappa shape index (κ1) is 14.7. The molecule has 1 aliphatic carbocycles. The maximum atomic E-state index is 11.6. The lowest BCUT2D eigenvalue weighted by Gasteiger charge is -2.14. The Kier molecular flexibility index (Phi) is 4.09. The summed E-state index contributed by atoms with van der Waals surface area (Å²) < 4.78 is 29.2. The smallest absolute Gasteiger partial charge is 0.261 e. The Labute approximate surface area is 129 Å². The van der Waals surface area contributed by atoms with Crippen molar-refractivity contribution in [2.45, 2.75) is 30.6 Å². The SMILES string of the molecule is O=S(=O)(Cl)c1ccc(OCC2CCCC2)c2ccccc12. The van der Waals surface area contributed by atoms with Crippen LogP contribution in [0.25, 0.3) is 10.8 Å². The number of hydrogen-bond acceptors (Lipinski definition) is 3. The van der Waals surface area contributed by atoms with E-state index >= 15 is 0 Å². The van der Waals surface area contributed by atoms with Crippen LogP contribution in [0.5, 0.6) is 5.75 Å². The summed E-state index contributed by atoms with van der Waals surface area (Å²) in [5.41, 5.74) is 0. The Morgan fingerprint density at radius 2 is 1.71 bits per heavy atom. The fourth-order valence-corrected chi connectivity index (χ4v) is 4.04. The lowest BCUT2D eigenvalue weighted by molar-refractivity contribution is 0.255. The Hall–Kier alpha value is -1.26. The van der Waals surface area contributed by atoms with Crippen molar-refractivity contribution in [3.63, 3.8) is 0 Å². The number of benzene rings is 2. The molecule has 0 aromatic heterocycles. The molecule has 2 aromatic carbocycles. The van der Waals surface area contributed by atoms with Crippen LogP contribution in [0.1, 0.15) is 25.7 Å². The number of fused-ring (bicyclic) bond motifs is 1. The number of ether oxygens (including phenoxy) is 1. The number of hydrogen-bond donors (Lipinski definition) is 0. The van der Waals surface area contributed by atoms with Crippen LogP contribution >= 0.6 is 10.7 Å². The zero-order chi connectivity index (χ0) is 14.9. The minimum absolute atomic E-state index is 0.132. The van der Waals surface area contributed by atoms with E-state index in [2.05, 4.69) is 0 Å². The van der Waals surface area contributed by atoms with Crippen molar-refractivity contribution in [3.8, 4) is 5.75 Å². The lowest BCUT2D eigenvalue weighted by atomic mass is 10.1. The fourth-order valence-electron chi connectivity index (χ4n) is 2.97. The molecule has 0 spiro atoms. The van der Waals surface area contributed by atoms with E-state index in [1.165, 1.54) is 31.7 Å². The van der Waals surface area contributed by atoms with Crippen LogP contribution < -0.4 is 4.74 Å². The van der Waals surface area contributed by atoms with Crippen molar-refractivity contribution in [1.29, 1.82) is 0 Å². The van der Waals surface area contributed by atoms with Crippen molar-refractivity contribution < 1.29 is 13.2 Å². The molecule has 0 bridgehead atoms. The molecule has 1 saturated carbocycles. The van der Waals surface area contributed by atoms with Crippen LogP contribution in [0.4, 0.5) is 0 Å².